The predicted molar refractivity (Wildman–Crippen MR) is 91.1 cm³/mol. The SMILES string of the molecule is C#CCNC(=O)c1ccc(-c2nnc(-c3ccc(C)cc3)o2)cc1. The third-order valence-electron chi connectivity index (χ3n) is 3.47. The lowest BCUT2D eigenvalue weighted by Crippen LogP contribution is -2.23. The molecule has 118 valence electrons. The third kappa shape index (κ3) is 3.33. The fourth-order valence-corrected chi connectivity index (χ4v) is 2.15. The molecule has 0 aliphatic heterocycles. The van der Waals surface area contributed by atoms with Gasteiger partial charge in [-0.25, -0.2) is 0 Å². The van der Waals surface area contributed by atoms with Crippen molar-refractivity contribution in [2.24, 2.45) is 0 Å². The fourth-order valence-electron chi connectivity index (χ4n) is 2.15. The summed E-state index contributed by atoms with van der Waals surface area (Å²) in [5, 5.41) is 10.7. The van der Waals surface area contributed by atoms with Gasteiger partial charge in [0.2, 0.25) is 11.8 Å². The van der Waals surface area contributed by atoms with Crippen molar-refractivity contribution in [3.63, 3.8) is 0 Å². The van der Waals surface area contributed by atoms with E-state index in [1.165, 1.54) is 0 Å². The molecular weight excluding hydrogens is 302 g/mol. The second kappa shape index (κ2) is 6.80. The molecule has 0 unspecified atom stereocenters. The summed E-state index contributed by atoms with van der Waals surface area (Å²) >= 11 is 0. The van der Waals surface area contributed by atoms with Crippen LogP contribution in [0.5, 0.6) is 0 Å². The molecule has 0 saturated carbocycles. The van der Waals surface area contributed by atoms with Crippen molar-refractivity contribution in [3.8, 4) is 35.3 Å². The molecule has 1 amide bonds. The Morgan fingerprint density at radius 3 is 2.12 bits per heavy atom. The molecule has 0 aliphatic rings. The number of terminal acetylenes is 1. The molecule has 0 spiro atoms. The maximum absolute atomic E-state index is 11.8. The van der Waals surface area contributed by atoms with Crippen LogP contribution < -0.4 is 5.32 Å². The number of carbonyl (C=O) groups is 1. The van der Waals surface area contributed by atoms with Gasteiger partial charge in [0.25, 0.3) is 5.91 Å². The summed E-state index contributed by atoms with van der Waals surface area (Å²) in [6, 6.07) is 14.8. The van der Waals surface area contributed by atoms with E-state index in [9.17, 15) is 4.79 Å². The van der Waals surface area contributed by atoms with Crippen molar-refractivity contribution in [3.05, 3.63) is 59.7 Å². The first-order valence-electron chi connectivity index (χ1n) is 7.40. The monoisotopic (exact) mass is 317 g/mol. The van der Waals surface area contributed by atoms with Gasteiger partial charge in [0, 0.05) is 16.7 Å². The maximum Gasteiger partial charge on any atom is 0.252 e. The van der Waals surface area contributed by atoms with Crippen molar-refractivity contribution in [1.29, 1.82) is 0 Å². The van der Waals surface area contributed by atoms with Gasteiger partial charge in [-0.05, 0) is 43.3 Å². The number of benzene rings is 2. The Morgan fingerprint density at radius 2 is 1.58 bits per heavy atom. The Hall–Kier alpha value is -3.39. The summed E-state index contributed by atoms with van der Waals surface area (Å²) in [7, 11) is 0. The van der Waals surface area contributed by atoms with Gasteiger partial charge in [-0.15, -0.1) is 16.6 Å². The number of hydrogen-bond donors (Lipinski definition) is 1. The number of amides is 1. The predicted octanol–water partition coefficient (Wildman–Crippen LogP) is 3.08. The van der Waals surface area contributed by atoms with Crippen molar-refractivity contribution in [1.82, 2.24) is 15.5 Å². The number of nitrogens with zero attached hydrogens (tertiary/aromatic N) is 2. The molecule has 1 heterocycles. The van der Waals surface area contributed by atoms with Gasteiger partial charge >= 0.3 is 0 Å². The van der Waals surface area contributed by atoms with E-state index in [0.29, 0.717) is 17.3 Å². The van der Waals surface area contributed by atoms with E-state index < -0.39 is 0 Å². The molecule has 3 aromatic rings. The molecule has 5 heteroatoms. The van der Waals surface area contributed by atoms with Crippen LogP contribution in [0, 0.1) is 19.3 Å². The molecule has 0 fully saturated rings. The lowest BCUT2D eigenvalue weighted by atomic mass is 10.1. The van der Waals surface area contributed by atoms with Crippen LogP contribution in [0.3, 0.4) is 0 Å². The summed E-state index contributed by atoms with van der Waals surface area (Å²) < 4.78 is 5.71. The van der Waals surface area contributed by atoms with E-state index in [2.05, 4.69) is 21.4 Å². The van der Waals surface area contributed by atoms with Crippen LogP contribution in [0.4, 0.5) is 0 Å². The van der Waals surface area contributed by atoms with E-state index in [1.54, 1.807) is 24.3 Å². The number of nitrogens with one attached hydrogen (secondary N) is 1. The van der Waals surface area contributed by atoms with E-state index in [4.69, 9.17) is 10.8 Å². The Morgan fingerprint density at radius 1 is 1.04 bits per heavy atom. The molecule has 0 aliphatic carbocycles. The Kier molecular flexibility index (Phi) is 4.39. The zero-order valence-electron chi connectivity index (χ0n) is 13.1. The highest BCUT2D eigenvalue weighted by molar-refractivity contribution is 5.94. The summed E-state index contributed by atoms with van der Waals surface area (Å²) in [5.74, 6) is 3.01. The lowest BCUT2D eigenvalue weighted by Gasteiger charge is -2.02. The molecule has 5 nitrogen and oxygen atoms in total. The number of aryl methyl sites for hydroxylation is 1. The van der Waals surface area contributed by atoms with Gasteiger partial charge in [0.05, 0.1) is 6.54 Å². The van der Waals surface area contributed by atoms with Gasteiger partial charge in [-0.3, -0.25) is 4.79 Å². The first-order valence-corrected chi connectivity index (χ1v) is 7.40. The molecule has 1 N–H and O–H groups in total. The number of rotatable bonds is 4. The molecule has 24 heavy (non-hydrogen) atoms. The second-order valence-corrected chi connectivity index (χ2v) is 5.24. The van der Waals surface area contributed by atoms with E-state index in [-0.39, 0.29) is 12.5 Å². The standard InChI is InChI=1S/C19H15N3O2/c1-3-12-20-17(23)14-8-10-16(11-9-14)19-22-21-18(24-19)15-6-4-13(2)5-7-15/h1,4-11H,12H2,2H3,(H,20,23). The van der Waals surface area contributed by atoms with Crippen molar-refractivity contribution < 1.29 is 9.21 Å². The third-order valence-corrected chi connectivity index (χ3v) is 3.47. The smallest absolute Gasteiger partial charge is 0.252 e. The number of carbonyl (C=O) groups excluding carboxylic acids is 1. The first-order chi connectivity index (χ1) is 11.7. The minimum atomic E-state index is -0.217. The Balaban J connectivity index is 1.79. The molecule has 0 atom stereocenters. The van der Waals surface area contributed by atoms with E-state index in [0.717, 1.165) is 16.7 Å². The summed E-state index contributed by atoms with van der Waals surface area (Å²) in [4.78, 5) is 11.8. The Labute approximate surface area is 139 Å². The van der Waals surface area contributed by atoms with E-state index >= 15 is 0 Å². The van der Waals surface area contributed by atoms with Crippen LogP contribution in [0.2, 0.25) is 0 Å². The summed E-state index contributed by atoms with van der Waals surface area (Å²) in [6.45, 7) is 2.22. The van der Waals surface area contributed by atoms with Crippen molar-refractivity contribution in [2.75, 3.05) is 6.54 Å². The number of hydrogen-bond acceptors (Lipinski definition) is 4. The normalized spacial score (nSPS) is 10.2. The molecular formula is C19H15N3O2. The second-order valence-electron chi connectivity index (χ2n) is 5.24. The average molecular weight is 317 g/mol. The summed E-state index contributed by atoms with van der Waals surface area (Å²) in [6.07, 6.45) is 5.12. The first kappa shape index (κ1) is 15.5. The quantitative estimate of drug-likeness (QED) is 0.751. The van der Waals surface area contributed by atoms with Crippen LogP contribution in [0.25, 0.3) is 22.9 Å². The minimum absolute atomic E-state index is 0.199. The zero-order chi connectivity index (χ0) is 16.9. The number of aromatic nitrogens is 2. The lowest BCUT2D eigenvalue weighted by molar-refractivity contribution is 0.0958. The fraction of sp³-hybridized carbons (Fsp3) is 0.105. The average Bonchev–Trinajstić information content (AvgIpc) is 3.10. The molecule has 0 bridgehead atoms. The molecule has 1 aromatic heterocycles. The largest absolute Gasteiger partial charge is 0.416 e. The summed E-state index contributed by atoms with van der Waals surface area (Å²) in [5.41, 5.74) is 3.29. The topological polar surface area (TPSA) is 68.0 Å². The molecule has 0 radical (unpaired) electrons. The van der Waals surface area contributed by atoms with Gasteiger partial charge < -0.3 is 9.73 Å². The van der Waals surface area contributed by atoms with E-state index in [1.807, 2.05) is 31.2 Å². The highest BCUT2D eigenvalue weighted by Gasteiger charge is 2.11. The van der Waals surface area contributed by atoms with Crippen molar-refractivity contribution in [2.45, 2.75) is 6.92 Å². The van der Waals surface area contributed by atoms with Crippen LogP contribution in [0.1, 0.15) is 15.9 Å². The highest BCUT2D eigenvalue weighted by atomic mass is 16.4. The van der Waals surface area contributed by atoms with Crippen LogP contribution in [0.15, 0.2) is 52.9 Å². The van der Waals surface area contributed by atoms with Crippen LogP contribution in [-0.2, 0) is 0 Å². The molecule has 3 rings (SSSR count). The van der Waals surface area contributed by atoms with Crippen LogP contribution >= 0.6 is 0 Å². The van der Waals surface area contributed by atoms with Gasteiger partial charge in [0.1, 0.15) is 0 Å². The molecule has 0 saturated heterocycles. The van der Waals surface area contributed by atoms with Crippen LogP contribution in [-0.4, -0.2) is 22.6 Å². The highest BCUT2D eigenvalue weighted by Crippen LogP contribution is 2.24. The molecule has 2 aromatic carbocycles. The Bertz CT molecular complexity index is 888. The van der Waals surface area contributed by atoms with Gasteiger partial charge in [0.15, 0.2) is 0 Å². The van der Waals surface area contributed by atoms with Gasteiger partial charge in [-0.2, -0.15) is 0 Å². The minimum Gasteiger partial charge on any atom is -0.416 e. The maximum atomic E-state index is 11.8. The van der Waals surface area contributed by atoms with Gasteiger partial charge in [-0.1, -0.05) is 23.6 Å². The van der Waals surface area contributed by atoms with Crippen molar-refractivity contribution >= 4 is 5.91 Å². The zero-order valence-corrected chi connectivity index (χ0v) is 13.1.